The number of rotatable bonds is 5. The Morgan fingerprint density at radius 2 is 1.91 bits per heavy atom. The second-order valence-corrected chi connectivity index (χ2v) is 9.43. The molecule has 0 radical (unpaired) electrons. The highest BCUT2D eigenvalue weighted by Gasteiger charge is 2.58. The van der Waals surface area contributed by atoms with E-state index in [1.165, 1.54) is 0 Å². The fourth-order valence-electron chi connectivity index (χ4n) is 5.34. The van der Waals surface area contributed by atoms with E-state index in [2.05, 4.69) is 9.97 Å². The van der Waals surface area contributed by atoms with E-state index in [1.807, 2.05) is 53.6 Å². The summed E-state index contributed by atoms with van der Waals surface area (Å²) in [5, 5.41) is 0. The average Bonchev–Trinajstić information content (AvgIpc) is 3.51. The molecule has 1 amide bonds. The van der Waals surface area contributed by atoms with Crippen LogP contribution in [0.2, 0.25) is 0 Å². The number of aromatic nitrogens is 2. The summed E-state index contributed by atoms with van der Waals surface area (Å²) in [6.07, 6.45) is 7.29. The van der Waals surface area contributed by atoms with Crippen LogP contribution in [-0.2, 0) is 31.9 Å². The van der Waals surface area contributed by atoms with E-state index < -0.39 is 11.0 Å². The van der Waals surface area contributed by atoms with Crippen LogP contribution in [0.4, 0.5) is 0 Å². The first-order chi connectivity index (χ1) is 16.5. The standard InChI is InChI=1S/C27H25N3O4/c1-33-16-18-2-4-19(5-3-18)23-7-6-20(14-29-23)26(9-10-26)25(32)30-13-11-27(17-30)22-8-12-28-15-21(22)24(31)34-27/h2-8,12,14-15H,9-11,13,16-17H2,1H3. The third kappa shape index (κ3) is 3.22. The zero-order valence-corrected chi connectivity index (χ0v) is 19.0. The third-order valence-electron chi connectivity index (χ3n) is 7.38. The van der Waals surface area contributed by atoms with Crippen LogP contribution in [0.3, 0.4) is 0 Å². The van der Waals surface area contributed by atoms with Gasteiger partial charge in [0, 0.05) is 49.8 Å². The predicted octanol–water partition coefficient (Wildman–Crippen LogP) is 3.62. The number of carbonyl (C=O) groups excluding carboxylic acids is 2. The molecular weight excluding hydrogens is 430 g/mol. The molecule has 2 fully saturated rings. The summed E-state index contributed by atoms with van der Waals surface area (Å²) >= 11 is 0. The Kier molecular flexibility index (Phi) is 4.78. The molecule has 1 atom stereocenters. The molecule has 3 aliphatic rings. The van der Waals surface area contributed by atoms with E-state index in [-0.39, 0.29) is 11.9 Å². The van der Waals surface area contributed by atoms with Gasteiger partial charge in [0.25, 0.3) is 0 Å². The molecule has 172 valence electrons. The number of benzene rings is 1. The summed E-state index contributed by atoms with van der Waals surface area (Å²) in [6, 6.07) is 14.0. The number of ether oxygens (including phenoxy) is 2. The first-order valence-corrected chi connectivity index (χ1v) is 11.6. The largest absolute Gasteiger partial charge is 0.449 e. The highest BCUT2D eigenvalue weighted by atomic mass is 16.6. The molecule has 1 aliphatic carbocycles. The van der Waals surface area contributed by atoms with Crippen LogP contribution in [0, 0.1) is 0 Å². The Labute approximate surface area is 197 Å². The quantitative estimate of drug-likeness (QED) is 0.547. The van der Waals surface area contributed by atoms with Crippen LogP contribution >= 0.6 is 0 Å². The Morgan fingerprint density at radius 1 is 1.09 bits per heavy atom. The number of hydrogen-bond acceptors (Lipinski definition) is 6. The average molecular weight is 456 g/mol. The summed E-state index contributed by atoms with van der Waals surface area (Å²) in [6.45, 7) is 1.53. The van der Waals surface area contributed by atoms with Gasteiger partial charge >= 0.3 is 5.97 Å². The zero-order valence-electron chi connectivity index (χ0n) is 19.0. The van der Waals surface area contributed by atoms with Gasteiger partial charge in [-0.15, -0.1) is 0 Å². The van der Waals surface area contributed by atoms with Crippen molar-refractivity contribution in [1.82, 2.24) is 14.9 Å². The van der Waals surface area contributed by atoms with Crippen molar-refractivity contribution < 1.29 is 19.1 Å². The van der Waals surface area contributed by atoms with E-state index >= 15 is 0 Å². The van der Waals surface area contributed by atoms with Crippen molar-refractivity contribution in [3.8, 4) is 11.3 Å². The van der Waals surface area contributed by atoms with E-state index in [0.29, 0.717) is 31.7 Å². The number of likely N-dealkylation sites (tertiary alicyclic amines) is 1. The van der Waals surface area contributed by atoms with Crippen LogP contribution in [-0.4, -0.2) is 46.9 Å². The van der Waals surface area contributed by atoms with Gasteiger partial charge in [0.05, 0.1) is 29.8 Å². The maximum Gasteiger partial charge on any atom is 0.341 e. The van der Waals surface area contributed by atoms with E-state index in [0.717, 1.165) is 40.8 Å². The Hall–Kier alpha value is -3.58. The van der Waals surface area contributed by atoms with Crippen LogP contribution in [0.1, 0.15) is 46.3 Å². The lowest BCUT2D eigenvalue weighted by atomic mass is 9.92. The van der Waals surface area contributed by atoms with Gasteiger partial charge in [0.1, 0.15) is 0 Å². The monoisotopic (exact) mass is 455 g/mol. The fourth-order valence-corrected chi connectivity index (χ4v) is 5.34. The van der Waals surface area contributed by atoms with E-state index in [1.54, 1.807) is 19.5 Å². The summed E-state index contributed by atoms with van der Waals surface area (Å²) < 4.78 is 11.0. The van der Waals surface area contributed by atoms with Gasteiger partial charge < -0.3 is 14.4 Å². The van der Waals surface area contributed by atoms with Gasteiger partial charge in [-0.05, 0) is 36.1 Å². The minimum absolute atomic E-state index is 0.0985. The Balaban J connectivity index is 1.20. The van der Waals surface area contributed by atoms with Gasteiger partial charge in [0.2, 0.25) is 5.91 Å². The summed E-state index contributed by atoms with van der Waals surface area (Å²) in [7, 11) is 1.68. The lowest BCUT2D eigenvalue weighted by Gasteiger charge is -2.26. The van der Waals surface area contributed by atoms with Crippen molar-refractivity contribution in [3.63, 3.8) is 0 Å². The van der Waals surface area contributed by atoms with Gasteiger partial charge in [-0.2, -0.15) is 0 Å². The molecule has 34 heavy (non-hydrogen) atoms. The predicted molar refractivity (Wildman–Crippen MR) is 124 cm³/mol. The van der Waals surface area contributed by atoms with Crippen molar-refractivity contribution in [3.05, 3.63) is 83.3 Å². The molecule has 1 unspecified atom stereocenters. The topological polar surface area (TPSA) is 81.6 Å². The lowest BCUT2D eigenvalue weighted by Crippen LogP contribution is -2.40. The van der Waals surface area contributed by atoms with Crippen molar-refractivity contribution >= 4 is 11.9 Å². The van der Waals surface area contributed by atoms with Gasteiger partial charge in [-0.3, -0.25) is 14.8 Å². The van der Waals surface area contributed by atoms with Crippen molar-refractivity contribution in [2.45, 2.75) is 36.9 Å². The zero-order chi connectivity index (χ0) is 23.3. The minimum atomic E-state index is -0.752. The molecule has 4 heterocycles. The number of methoxy groups -OCH3 is 1. The molecule has 3 aromatic rings. The SMILES string of the molecule is COCc1ccc(-c2ccc(C3(C(=O)N4CCC5(C4)OC(=O)c4cnccc45)CC3)cn2)cc1. The molecule has 0 bridgehead atoms. The Bertz CT molecular complexity index is 1270. The first-order valence-electron chi connectivity index (χ1n) is 11.6. The second-order valence-electron chi connectivity index (χ2n) is 9.43. The van der Waals surface area contributed by atoms with E-state index in [4.69, 9.17) is 9.47 Å². The van der Waals surface area contributed by atoms with Crippen LogP contribution in [0.25, 0.3) is 11.3 Å². The molecule has 6 rings (SSSR count). The number of nitrogens with zero attached hydrogens (tertiary/aromatic N) is 3. The number of carbonyl (C=O) groups is 2. The van der Waals surface area contributed by atoms with Crippen molar-refractivity contribution in [2.75, 3.05) is 20.2 Å². The molecule has 7 nitrogen and oxygen atoms in total. The fraction of sp³-hybridized carbons (Fsp3) is 0.333. The highest BCUT2D eigenvalue weighted by Crippen LogP contribution is 2.52. The molecule has 7 heteroatoms. The third-order valence-corrected chi connectivity index (χ3v) is 7.38. The molecule has 1 saturated carbocycles. The summed E-state index contributed by atoms with van der Waals surface area (Å²) in [5.74, 6) is -0.255. The van der Waals surface area contributed by atoms with Gasteiger partial charge in [-0.1, -0.05) is 30.3 Å². The highest BCUT2D eigenvalue weighted by molar-refractivity contribution is 5.95. The van der Waals surface area contributed by atoms with E-state index in [9.17, 15) is 9.59 Å². The van der Waals surface area contributed by atoms with Crippen LogP contribution in [0.5, 0.6) is 0 Å². The van der Waals surface area contributed by atoms with Crippen molar-refractivity contribution in [2.24, 2.45) is 0 Å². The summed E-state index contributed by atoms with van der Waals surface area (Å²) in [5.41, 5.74) is 4.04. The number of fused-ring (bicyclic) bond motifs is 2. The minimum Gasteiger partial charge on any atom is -0.449 e. The molecular formula is C27H25N3O4. The van der Waals surface area contributed by atoms with Gasteiger partial charge in [-0.25, -0.2) is 4.79 Å². The molecule has 0 N–H and O–H groups in total. The number of esters is 1. The molecule has 1 spiro atoms. The lowest BCUT2D eigenvalue weighted by molar-refractivity contribution is -0.134. The summed E-state index contributed by atoms with van der Waals surface area (Å²) in [4.78, 5) is 36.6. The smallest absolute Gasteiger partial charge is 0.341 e. The molecule has 2 aliphatic heterocycles. The maximum atomic E-state index is 13.7. The van der Waals surface area contributed by atoms with Gasteiger partial charge in [0.15, 0.2) is 5.60 Å². The molecule has 1 saturated heterocycles. The number of pyridine rings is 2. The van der Waals surface area contributed by atoms with Crippen LogP contribution < -0.4 is 0 Å². The molecule has 1 aromatic carbocycles. The Morgan fingerprint density at radius 3 is 2.62 bits per heavy atom. The number of amides is 1. The van der Waals surface area contributed by atoms with Crippen molar-refractivity contribution in [1.29, 1.82) is 0 Å². The first kappa shape index (κ1) is 21.0. The normalized spacial score (nSPS) is 22.0. The van der Waals surface area contributed by atoms with Crippen LogP contribution in [0.15, 0.2) is 61.1 Å². The molecule has 2 aromatic heterocycles. The second kappa shape index (κ2) is 7.74. The number of hydrogen-bond donors (Lipinski definition) is 0. The maximum absolute atomic E-state index is 13.7.